The van der Waals surface area contributed by atoms with Crippen molar-refractivity contribution in [1.29, 1.82) is 0 Å². The molecule has 0 bridgehead atoms. The van der Waals surface area contributed by atoms with E-state index in [-0.39, 0.29) is 5.91 Å². The predicted molar refractivity (Wildman–Crippen MR) is 102 cm³/mol. The highest BCUT2D eigenvalue weighted by Gasteiger charge is 2.18. The number of amides is 1. The third-order valence-electron chi connectivity index (χ3n) is 4.86. The van der Waals surface area contributed by atoms with E-state index in [1.807, 2.05) is 64.0 Å². The molecular formula is C21H17N5O. The van der Waals surface area contributed by atoms with Crippen LogP contribution in [0.2, 0.25) is 0 Å². The largest absolute Gasteiger partial charge is 0.352 e. The molecule has 0 saturated heterocycles. The van der Waals surface area contributed by atoms with Crippen LogP contribution in [0, 0.1) is 0 Å². The van der Waals surface area contributed by atoms with Gasteiger partial charge < -0.3 is 9.88 Å². The molecule has 132 valence electrons. The number of benzene rings is 2. The highest BCUT2D eigenvalue weighted by Crippen LogP contribution is 2.25. The summed E-state index contributed by atoms with van der Waals surface area (Å²) in [5.41, 5.74) is 4.81. The van der Waals surface area contributed by atoms with Crippen molar-refractivity contribution in [2.75, 3.05) is 6.54 Å². The van der Waals surface area contributed by atoms with Gasteiger partial charge in [0.05, 0.1) is 6.33 Å². The van der Waals surface area contributed by atoms with Gasteiger partial charge in [0.2, 0.25) is 0 Å². The van der Waals surface area contributed by atoms with Gasteiger partial charge in [0.25, 0.3) is 5.91 Å². The van der Waals surface area contributed by atoms with Crippen molar-refractivity contribution in [2.45, 2.75) is 6.42 Å². The lowest BCUT2D eigenvalue weighted by Crippen LogP contribution is -2.31. The van der Waals surface area contributed by atoms with E-state index in [0.717, 1.165) is 40.3 Å². The molecule has 2 aromatic carbocycles. The lowest BCUT2D eigenvalue weighted by atomic mass is 9.99. The Morgan fingerprint density at radius 1 is 0.963 bits per heavy atom. The van der Waals surface area contributed by atoms with E-state index < -0.39 is 0 Å². The van der Waals surface area contributed by atoms with Gasteiger partial charge in [-0.1, -0.05) is 6.07 Å². The monoisotopic (exact) mass is 355 g/mol. The van der Waals surface area contributed by atoms with Crippen LogP contribution in [0.5, 0.6) is 0 Å². The fraction of sp³-hybridized carbons (Fsp3) is 0.0952. The molecule has 1 amide bonds. The maximum atomic E-state index is 12.2. The van der Waals surface area contributed by atoms with Gasteiger partial charge in [0.1, 0.15) is 5.82 Å². The molecule has 27 heavy (non-hydrogen) atoms. The topological polar surface area (TPSA) is 64.7 Å². The third-order valence-corrected chi connectivity index (χ3v) is 4.86. The second-order valence-corrected chi connectivity index (χ2v) is 6.49. The van der Waals surface area contributed by atoms with E-state index >= 15 is 0 Å². The van der Waals surface area contributed by atoms with E-state index in [4.69, 9.17) is 0 Å². The van der Waals surface area contributed by atoms with Crippen LogP contribution in [0.25, 0.3) is 22.8 Å². The van der Waals surface area contributed by atoms with Gasteiger partial charge in [-0.05, 0) is 48.4 Å². The second kappa shape index (κ2) is 6.25. The molecular weight excluding hydrogens is 338 g/mol. The summed E-state index contributed by atoms with van der Waals surface area (Å²) in [6.45, 7) is 0.699. The van der Waals surface area contributed by atoms with Crippen molar-refractivity contribution in [3.05, 3.63) is 84.7 Å². The Morgan fingerprint density at radius 2 is 1.81 bits per heavy atom. The molecule has 6 heteroatoms. The quantitative estimate of drug-likeness (QED) is 0.614. The van der Waals surface area contributed by atoms with E-state index in [0.29, 0.717) is 6.54 Å². The van der Waals surface area contributed by atoms with Gasteiger partial charge in [0, 0.05) is 53.8 Å². The molecule has 5 rings (SSSR count). The molecule has 0 radical (unpaired) electrons. The minimum atomic E-state index is -0.00977. The molecule has 0 unspecified atom stereocenters. The van der Waals surface area contributed by atoms with E-state index in [1.54, 1.807) is 18.7 Å². The molecule has 2 aromatic heterocycles. The van der Waals surface area contributed by atoms with E-state index in [2.05, 4.69) is 15.3 Å². The maximum absolute atomic E-state index is 12.2. The summed E-state index contributed by atoms with van der Waals surface area (Å²) >= 11 is 0. The van der Waals surface area contributed by atoms with Crippen LogP contribution in [0.1, 0.15) is 15.9 Å². The summed E-state index contributed by atoms with van der Waals surface area (Å²) in [7, 11) is 0. The number of hydrogen-bond donors (Lipinski definition) is 1. The fourth-order valence-electron chi connectivity index (χ4n) is 3.47. The van der Waals surface area contributed by atoms with Crippen molar-refractivity contribution < 1.29 is 4.79 Å². The Bertz CT molecular complexity index is 1110. The molecule has 4 aromatic rings. The van der Waals surface area contributed by atoms with Crippen molar-refractivity contribution in [3.8, 4) is 22.8 Å². The molecule has 1 aliphatic rings. The number of nitrogens with one attached hydrogen (secondary N) is 1. The van der Waals surface area contributed by atoms with E-state index in [1.165, 1.54) is 0 Å². The summed E-state index contributed by atoms with van der Waals surface area (Å²) in [6.07, 6.45) is 10.0. The predicted octanol–water partition coefficient (Wildman–Crippen LogP) is 3.01. The van der Waals surface area contributed by atoms with Gasteiger partial charge in [-0.15, -0.1) is 0 Å². The first-order valence-corrected chi connectivity index (χ1v) is 8.83. The average molecular weight is 355 g/mol. The standard InChI is InChI=1S/C21H17N5O/c27-21-19-13-18(6-1-15(19)7-8-24-21)26-12-10-23-20(26)16-2-4-17(5-3-16)25-11-9-22-14-25/h1-6,9-14H,7-8H2,(H,24,27). The highest BCUT2D eigenvalue weighted by molar-refractivity contribution is 5.97. The van der Waals surface area contributed by atoms with Crippen LogP contribution in [0.4, 0.5) is 0 Å². The van der Waals surface area contributed by atoms with Gasteiger partial charge in [0.15, 0.2) is 0 Å². The summed E-state index contributed by atoms with van der Waals surface area (Å²) < 4.78 is 3.97. The highest BCUT2D eigenvalue weighted by atomic mass is 16.1. The third kappa shape index (κ3) is 2.71. The van der Waals surface area contributed by atoms with E-state index in [9.17, 15) is 4.79 Å². The number of carbonyl (C=O) groups excluding carboxylic acids is 1. The summed E-state index contributed by atoms with van der Waals surface area (Å²) in [5, 5.41) is 2.91. The Labute approximate surface area is 156 Å². The summed E-state index contributed by atoms with van der Waals surface area (Å²) in [4.78, 5) is 20.8. The molecule has 0 fully saturated rings. The minimum Gasteiger partial charge on any atom is -0.352 e. The fourth-order valence-corrected chi connectivity index (χ4v) is 3.47. The van der Waals surface area contributed by atoms with Crippen LogP contribution in [-0.2, 0) is 6.42 Å². The van der Waals surface area contributed by atoms with Crippen LogP contribution in [0.3, 0.4) is 0 Å². The Hall–Kier alpha value is -3.67. The molecule has 0 atom stereocenters. The number of fused-ring (bicyclic) bond motifs is 1. The molecule has 1 N–H and O–H groups in total. The average Bonchev–Trinajstić information content (AvgIpc) is 3.40. The SMILES string of the molecule is O=C1NCCc2ccc(-n3ccnc3-c3ccc(-n4ccnc4)cc3)cc21. The van der Waals surface area contributed by atoms with Crippen molar-refractivity contribution in [2.24, 2.45) is 0 Å². The van der Waals surface area contributed by atoms with Gasteiger partial charge in [-0.2, -0.15) is 0 Å². The van der Waals surface area contributed by atoms with Gasteiger partial charge >= 0.3 is 0 Å². The normalized spacial score (nSPS) is 13.3. The first kappa shape index (κ1) is 15.6. The maximum Gasteiger partial charge on any atom is 0.251 e. The lowest BCUT2D eigenvalue weighted by Gasteiger charge is -2.18. The number of nitrogens with zero attached hydrogens (tertiary/aromatic N) is 4. The zero-order valence-electron chi connectivity index (χ0n) is 14.5. The first-order valence-electron chi connectivity index (χ1n) is 8.83. The lowest BCUT2D eigenvalue weighted by molar-refractivity contribution is 0.0946. The summed E-state index contributed by atoms with van der Waals surface area (Å²) in [6, 6.07) is 14.2. The van der Waals surface area contributed by atoms with Crippen molar-refractivity contribution >= 4 is 5.91 Å². The zero-order valence-corrected chi connectivity index (χ0v) is 14.5. The van der Waals surface area contributed by atoms with Crippen LogP contribution in [-0.4, -0.2) is 31.6 Å². The molecule has 0 saturated carbocycles. The first-order chi connectivity index (χ1) is 13.3. The molecule has 0 spiro atoms. The van der Waals surface area contributed by atoms with Gasteiger partial charge in [-0.25, -0.2) is 9.97 Å². The van der Waals surface area contributed by atoms with Crippen molar-refractivity contribution in [3.63, 3.8) is 0 Å². The second-order valence-electron chi connectivity index (χ2n) is 6.49. The number of rotatable bonds is 3. The number of carbonyl (C=O) groups is 1. The Balaban J connectivity index is 1.53. The van der Waals surface area contributed by atoms with Crippen LogP contribution < -0.4 is 5.32 Å². The van der Waals surface area contributed by atoms with Gasteiger partial charge in [-0.3, -0.25) is 9.36 Å². The molecule has 0 aliphatic carbocycles. The van der Waals surface area contributed by atoms with Crippen LogP contribution in [0.15, 0.2) is 73.6 Å². The zero-order chi connectivity index (χ0) is 18.2. The molecule has 6 nitrogen and oxygen atoms in total. The minimum absolute atomic E-state index is 0.00977. The molecule has 1 aliphatic heterocycles. The van der Waals surface area contributed by atoms with Crippen molar-refractivity contribution in [1.82, 2.24) is 24.4 Å². The Morgan fingerprint density at radius 3 is 2.63 bits per heavy atom. The van der Waals surface area contributed by atoms with Crippen LogP contribution >= 0.6 is 0 Å². The number of hydrogen-bond acceptors (Lipinski definition) is 3. The number of imidazole rings is 2. The summed E-state index contributed by atoms with van der Waals surface area (Å²) in [5.74, 6) is 0.827. The molecule has 3 heterocycles. The number of aromatic nitrogens is 4. The smallest absolute Gasteiger partial charge is 0.251 e. The Kier molecular flexibility index (Phi) is 3.60.